The minimum absolute atomic E-state index is 0.000241. The summed E-state index contributed by atoms with van der Waals surface area (Å²) < 4.78 is 0. The fourth-order valence-corrected chi connectivity index (χ4v) is 1.88. The molecule has 1 saturated heterocycles. The van der Waals surface area contributed by atoms with Crippen LogP contribution in [0.4, 0.5) is 0 Å². The smallest absolute Gasteiger partial charge is 0.337 e. The molecule has 0 atom stereocenters. The molecule has 0 radical (unpaired) electrons. The van der Waals surface area contributed by atoms with Crippen molar-refractivity contribution >= 4 is 17.8 Å². The van der Waals surface area contributed by atoms with E-state index in [2.05, 4.69) is 10.3 Å². The van der Waals surface area contributed by atoms with Gasteiger partial charge in [0, 0.05) is 13.1 Å². The number of aromatic nitrogens is 1. The summed E-state index contributed by atoms with van der Waals surface area (Å²) in [4.78, 5) is 39.6. The molecule has 7 nitrogen and oxygen atoms in total. The molecule has 0 saturated carbocycles. The standard InChI is InChI=1S/C12H13N3O4/c1-7-8(12(18)19)2-3-9(14-7)11(17)15-5-4-13-10(16)6-15/h2-3H,4-6H2,1H3,(H,13,16)(H,18,19). The van der Waals surface area contributed by atoms with Crippen molar-refractivity contribution in [3.05, 3.63) is 29.1 Å². The van der Waals surface area contributed by atoms with Crippen molar-refractivity contribution in [1.82, 2.24) is 15.2 Å². The van der Waals surface area contributed by atoms with Gasteiger partial charge < -0.3 is 15.3 Å². The number of nitrogens with zero attached hydrogens (tertiary/aromatic N) is 2. The molecule has 2 N–H and O–H groups in total. The van der Waals surface area contributed by atoms with Gasteiger partial charge in [0.1, 0.15) is 5.69 Å². The number of rotatable bonds is 2. The van der Waals surface area contributed by atoms with E-state index in [4.69, 9.17) is 5.11 Å². The third-order valence-electron chi connectivity index (χ3n) is 2.86. The number of pyridine rings is 1. The first kappa shape index (κ1) is 13.0. The summed E-state index contributed by atoms with van der Waals surface area (Å²) in [7, 11) is 0. The van der Waals surface area contributed by atoms with Crippen LogP contribution in [0.3, 0.4) is 0 Å². The summed E-state index contributed by atoms with van der Waals surface area (Å²) in [6.45, 7) is 2.37. The molecule has 100 valence electrons. The lowest BCUT2D eigenvalue weighted by molar-refractivity contribution is -0.123. The normalized spacial score (nSPS) is 15.0. The third-order valence-corrected chi connectivity index (χ3v) is 2.86. The fraction of sp³-hybridized carbons (Fsp3) is 0.333. The summed E-state index contributed by atoms with van der Waals surface area (Å²) in [6, 6.07) is 2.72. The van der Waals surface area contributed by atoms with Gasteiger partial charge in [0.2, 0.25) is 5.91 Å². The van der Waals surface area contributed by atoms with Crippen molar-refractivity contribution in [2.45, 2.75) is 6.92 Å². The average molecular weight is 263 g/mol. The molecular formula is C12H13N3O4. The van der Waals surface area contributed by atoms with E-state index in [0.29, 0.717) is 13.1 Å². The Balaban J connectivity index is 2.22. The van der Waals surface area contributed by atoms with Crippen molar-refractivity contribution in [3.63, 3.8) is 0 Å². The number of carboxylic acids is 1. The molecule has 1 aromatic rings. The number of aryl methyl sites for hydroxylation is 1. The van der Waals surface area contributed by atoms with Gasteiger partial charge >= 0.3 is 5.97 Å². The van der Waals surface area contributed by atoms with Gasteiger partial charge in [-0.3, -0.25) is 9.59 Å². The third kappa shape index (κ3) is 2.70. The second-order valence-electron chi connectivity index (χ2n) is 4.21. The zero-order valence-corrected chi connectivity index (χ0v) is 10.3. The molecule has 0 aromatic carbocycles. The maximum absolute atomic E-state index is 12.1. The van der Waals surface area contributed by atoms with Crippen molar-refractivity contribution in [1.29, 1.82) is 0 Å². The van der Waals surface area contributed by atoms with Crippen molar-refractivity contribution < 1.29 is 19.5 Å². The van der Waals surface area contributed by atoms with E-state index in [0.717, 1.165) is 0 Å². The van der Waals surface area contributed by atoms with E-state index < -0.39 is 5.97 Å². The topological polar surface area (TPSA) is 99.6 Å². The average Bonchev–Trinajstić information content (AvgIpc) is 2.37. The molecule has 0 unspecified atom stereocenters. The van der Waals surface area contributed by atoms with Crippen LogP contribution in [0.5, 0.6) is 0 Å². The minimum atomic E-state index is -1.08. The predicted molar refractivity (Wildman–Crippen MR) is 64.8 cm³/mol. The van der Waals surface area contributed by atoms with E-state index in [1.54, 1.807) is 0 Å². The van der Waals surface area contributed by atoms with E-state index in [9.17, 15) is 14.4 Å². The zero-order chi connectivity index (χ0) is 14.0. The van der Waals surface area contributed by atoms with Crippen LogP contribution >= 0.6 is 0 Å². The second kappa shape index (κ2) is 5.05. The first-order valence-corrected chi connectivity index (χ1v) is 5.76. The highest BCUT2D eigenvalue weighted by Gasteiger charge is 2.23. The number of nitrogens with one attached hydrogen (secondary N) is 1. The number of piperazine rings is 1. The number of hydrogen-bond donors (Lipinski definition) is 2. The van der Waals surface area contributed by atoms with Crippen molar-refractivity contribution in [3.8, 4) is 0 Å². The van der Waals surface area contributed by atoms with Gasteiger partial charge in [-0.1, -0.05) is 0 Å². The molecule has 19 heavy (non-hydrogen) atoms. The van der Waals surface area contributed by atoms with E-state index in [1.807, 2.05) is 0 Å². The molecular weight excluding hydrogens is 250 g/mol. The van der Waals surface area contributed by atoms with Crippen LogP contribution in [-0.2, 0) is 4.79 Å². The lowest BCUT2D eigenvalue weighted by Crippen LogP contribution is -2.50. The molecule has 0 bridgehead atoms. The second-order valence-corrected chi connectivity index (χ2v) is 4.21. The Morgan fingerprint density at radius 1 is 1.42 bits per heavy atom. The first-order valence-electron chi connectivity index (χ1n) is 5.76. The summed E-state index contributed by atoms with van der Waals surface area (Å²) in [6.07, 6.45) is 0. The van der Waals surface area contributed by atoms with Gasteiger partial charge in [-0.25, -0.2) is 9.78 Å². The molecule has 1 aliphatic heterocycles. The highest BCUT2D eigenvalue weighted by Crippen LogP contribution is 2.09. The molecule has 0 spiro atoms. The van der Waals surface area contributed by atoms with Crippen LogP contribution in [0.1, 0.15) is 26.5 Å². The van der Waals surface area contributed by atoms with Gasteiger partial charge in [0.15, 0.2) is 0 Å². The molecule has 1 aliphatic rings. The van der Waals surface area contributed by atoms with Crippen LogP contribution < -0.4 is 5.32 Å². The zero-order valence-electron chi connectivity index (χ0n) is 10.3. The molecule has 1 aromatic heterocycles. The number of carboxylic acid groups (broad SMARTS) is 1. The summed E-state index contributed by atoms with van der Waals surface area (Å²) in [5.74, 6) is -1.66. The lowest BCUT2D eigenvalue weighted by Gasteiger charge is -2.26. The number of hydrogen-bond acceptors (Lipinski definition) is 4. The van der Waals surface area contributed by atoms with Gasteiger partial charge in [0.25, 0.3) is 5.91 Å². The number of carbonyl (C=O) groups excluding carboxylic acids is 2. The number of aromatic carboxylic acids is 1. The van der Waals surface area contributed by atoms with Gasteiger partial charge in [-0.15, -0.1) is 0 Å². The van der Waals surface area contributed by atoms with Crippen LogP contribution in [0.25, 0.3) is 0 Å². The van der Waals surface area contributed by atoms with Crippen LogP contribution in [0.2, 0.25) is 0 Å². The Bertz CT molecular complexity index is 556. The molecule has 2 rings (SSSR count). The van der Waals surface area contributed by atoms with Crippen molar-refractivity contribution in [2.24, 2.45) is 0 Å². The van der Waals surface area contributed by atoms with Crippen LogP contribution in [-0.4, -0.2) is 52.4 Å². The van der Waals surface area contributed by atoms with E-state index in [-0.39, 0.29) is 35.3 Å². The van der Waals surface area contributed by atoms with Crippen molar-refractivity contribution in [2.75, 3.05) is 19.6 Å². The maximum Gasteiger partial charge on any atom is 0.337 e. The predicted octanol–water partition coefficient (Wildman–Crippen LogP) is -0.340. The van der Waals surface area contributed by atoms with Gasteiger partial charge in [-0.2, -0.15) is 0 Å². The molecule has 1 fully saturated rings. The summed E-state index contributed by atoms with van der Waals surface area (Å²) in [5.41, 5.74) is 0.491. The minimum Gasteiger partial charge on any atom is -0.478 e. The number of amides is 2. The van der Waals surface area contributed by atoms with E-state index in [1.165, 1.54) is 24.0 Å². The highest BCUT2D eigenvalue weighted by atomic mass is 16.4. The lowest BCUT2D eigenvalue weighted by atomic mass is 10.1. The first-order chi connectivity index (χ1) is 8.99. The Labute approximate surface area is 109 Å². The van der Waals surface area contributed by atoms with E-state index >= 15 is 0 Å². The SMILES string of the molecule is Cc1nc(C(=O)N2CCNC(=O)C2)ccc1C(=O)O. The van der Waals surface area contributed by atoms with Gasteiger partial charge in [0.05, 0.1) is 17.8 Å². The quantitative estimate of drug-likeness (QED) is 0.760. The Kier molecular flexibility index (Phi) is 3.46. The van der Waals surface area contributed by atoms with Gasteiger partial charge in [-0.05, 0) is 19.1 Å². The van der Waals surface area contributed by atoms with Crippen LogP contribution in [0.15, 0.2) is 12.1 Å². The highest BCUT2D eigenvalue weighted by molar-refractivity contribution is 5.96. The Morgan fingerprint density at radius 2 is 2.16 bits per heavy atom. The fourth-order valence-electron chi connectivity index (χ4n) is 1.88. The number of carbonyl (C=O) groups is 3. The Hall–Kier alpha value is -2.44. The monoisotopic (exact) mass is 263 g/mol. The molecule has 0 aliphatic carbocycles. The summed E-state index contributed by atoms with van der Waals surface area (Å²) >= 11 is 0. The van der Waals surface area contributed by atoms with Crippen LogP contribution in [0, 0.1) is 6.92 Å². The molecule has 2 heterocycles. The maximum atomic E-state index is 12.1. The Morgan fingerprint density at radius 3 is 2.74 bits per heavy atom. The largest absolute Gasteiger partial charge is 0.478 e. The molecule has 7 heteroatoms. The molecule has 2 amide bonds. The summed E-state index contributed by atoms with van der Waals surface area (Å²) in [5, 5.41) is 11.5.